The maximum Gasteiger partial charge on any atom is 0.0729 e. The number of aryl methyl sites for hydroxylation is 1. The minimum atomic E-state index is -0.527. The fourth-order valence-electron chi connectivity index (χ4n) is 12.2. The van der Waals surface area contributed by atoms with Crippen molar-refractivity contribution in [2.45, 2.75) is 24.2 Å². The highest BCUT2D eigenvalue weighted by Gasteiger charge is 2.52. The molecule has 0 saturated heterocycles. The number of benzene rings is 10. The summed E-state index contributed by atoms with van der Waals surface area (Å²) in [6, 6.07) is 86.7. The lowest BCUT2D eigenvalue weighted by Crippen LogP contribution is -2.33. The molecule has 0 radical (unpaired) electrons. The number of hydrogen-bond acceptors (Lipinski definition) is 1. The molecule has 10 aromatic rings. The second-order valence-electron chi connectivity index (χ2n) is 17.3. The van der Waals surface area contributed by atoms with E-state index < -0.39 is 10.8 Å². The Hall–Kier alpha value is -7.74. The molecule has 1 heteroatoms. The molecule has 13 rings (SSSR count). The zero-order valence-electron chi connectivity index (χ0n) is 35.1. The molecule has 63 heavy (non-hydrogen) atoms. The Morgan fingerprint density at radius 1 is 0.365 bits per heavy atom. The van der Waals surface area contributed by atoms with E-state index in [0.29, 0.717) is 0 Å². The highest BCUT2D eigenvalue weighted by Crippen LogP contribution is 2.64. The molecule has 0 heterocycles. The molecule has 1 atom stereocenters. The Morgan fingerprint density at radius 2 is 0.889 bits per heavy atom. The van der Waals surface area contributed by atoms with Gasteiger partial charge in [0.25, 0.3) is 0 Å². The van der Waals surface area contributed by atoms with Crippen LogP contribution in [-0.2, 0) is 17.3 Å². The van der Waals surface area contributed by atoms with Crippen molar-refractivity contribution in [1.29, 1.82) is 0 Å². The maximum atomic E-state index is 2.55. The van der Waals surface area contributed by atoms with Crippen molar-refractivity contribution in [3.63, 3.8) is 0 Å². The number of anilines is 3. The van der Waals surface area contributed by atoms with Crippen LogP contribution < -0.4 is 4.90 Å². The van der Waals surface area contributed by atoms with Crippen LogP contribution in [0.25, 0.3) is 44.2 Å². The third-order valence-corrected chi connectivity index (χ3v) is 14.5. The van der Waals surface area contributed by atoms with E-state index in [4.69, 9.17) is 0 Å². The second-order valence-corrected chi connectivity index (χ2v) is 17.3. The summed E-state index contributed by atoms with van der Waals surface area (Å²) in [5.74, 6) is 0. The lowest BCUT2D eigenvalue weighted by atomic mass is 9.60. The van der Waals surface area contributed by atoms with Crippen molar-refractivity contribution in [2.24, 2.45) is 0 Å². The molecule has 0 fully saturated rings. The van der Waals surface area contributed by atoms with Crippen molar-refractivity contribution in [3.05, 3.63) is 281 Å². The van der Waals surface area contributed by atoms with Crippen LogP contribution in [0.1, 0.15) is 57.0 Å². The predicted molar refractivity (Wildman–Crippen MR) is 262 cm³/mol. The van der Waals surface area contributed by atoms with Crippen molar-refractivity contribution in [2.75, 3.05) is 4.90 Å². The first kappa shape index (κ1) is 36.0. The first-order valence-corrected chi connectivity index (χ1v) is 22.3. The van der Waals surface area contributed by atoms with Crippen LogP contribution >= 0.6 is 0 Å². The van der Waals surface area contributed by atoms with Gasteiger partial charge in [-0.2, -0.15) is 0 Å². The molecule has 0 aromatic heterocycles. The Kier molecular flexibility index (Phi) is 7.78. The molecule has 10 aromatic carbocycles. The number of para-hydroxylation sites is 1. The van der Waals surface area contributed by atoms with Gasteiger partial charge in [-0.25, -0.2) is 0 Å². The molecule has 0 bridgehead atoms. The van der Waals surface area contributed by atoms with Crippen LogP contribution in [0, 0.1) is 0 Å². The molecular formula is C62H43N. The van der Waals surface area contributed by atoms with Crippen LogP contribution in [0.4, 0.5) is 17.1 Å². The van der Waals surface area contributed by atoms with E-state index in [9.17, 15) is 0 Å². The third-order valence-electron chi connectivity index (χ3n) is 14.5. The third kappa shape index (κ3) is 4.72. The summed E-state index contributed by atoms with van der Waals surface area (Å²) < 4.78 is 0. The summed E-state index contributed by atoms with van der Waals surface area (Å²) >= 11 is 0. The van der Waals surface area contributed by atoms with Gasteiger partial charge in [0.1, 0.15) is 0 Å². The van der Waals surface area contributed by atoms with Gasteiger partial charge in [0.2, 0.25) is 0 Å². The highest BCUT2D eigenvalue weighted by atomic mass is 15.1. The van der Waals surface area contributed by atoms with E-state index in [-0.39, 0.29) is 0 Å². The normalized spacial score (nSPS) is 15.6. The van der Waals surface area contributed by atoms with Gasteiger partial charge in [0, 0.05) is 16.9 Å². The van der Waals surface area contributed by atoms with E-state index in [0.717, 1.165) is 23.5 Å². The van der Waals surface area contributed by atoms with Gasteiger partial charge in [0.15, 0.2) is 0 Å². The first-order valence-electron chi connectivity index (χ1n) is 22.3. The van der Waals surface area contributed by atoms with E-state index in [2.05, 4.69) is 242 Å². The van der Waals surface area contributed by atoms with Crippen LogP contribution in [0.5, 0.6) is 0 Å². The second kappa shape index (κ2) is 13.6. The molecule has 0 saturated carbocycles. The molecule has 1 nitrogen and oxygen atoms in total. The topological polar surface area (TPSA) is 3.24 Å². The molecule has 296 valence electrons. The summed E-state index contributed by atoms with van der Waals surface area (Å²) in [5.41, 5.74) is 22.1. The van der Waals surface area contributed by atoms with Crippen molar-refractivity contribution >= 4 is 27.8 Å². The molecule has 0 amide bonds. The van der Waals surface area contributed by atoms with Gasteiger partial charge < -0.3 is 4.90 Å². The van der Waals surface area contributed by atoms with Crippen molar-refractivity contribution < 1.29 is 0 Å². The number of fused-ring (bicyclic) bond motifs is 12. The molecule has 1 spiro atoms. The minimum absolute atomic E-state index is 0.509. The Balaban J connectivity index is 1.13. The zero-order valence-corrected chi connectivity index (χ0v) is 35.1. The van der Waals surface area contributed by atoms with Crippen molar-refractivity contribution in [3.8, 4) is 33.4 Å². The summed E-state index contributed by atoms with van der Waals surface area (Å²) in [6.07, 6.45) is 0.941. The summed E-state index contributed by atoms with van der Waals surface area (Å²) in [5, 5.41) is 2.67. The first-order chi connectivity index (χ1) is 31.2. The minimum Gasteiger partial charge on any atom is -0.310 e. The summed E-state index contributed by atoms with van der Waals surface area (Å²) in [6.45, 7) is 2.32. The van der Waals surface area contributed by atoms with Crippen LogP contribution in [-0.4, -0.2) is 0 Å². The SMILES string of the molecule is CCc1ccc2cccc3c2c1C1(c2ccccc2-c2ccc(N(c4ccccc4)c4cccc5c4-c4ccccc4C5(c4ccccc4)c4ccccc4)cc21)c1ccccc1-3. The van der Waals surface area contributed by atoms with E-state index in [1.165, 1.54) is 94.2 Å². The van der Waals surface area contributed by atoms with Crippen LogP contribution in [0.2, 0.25) is 0 Å². The standard InChI is InChI=1S/C62H43N/c1-2-41-36-37-42-20-18-30-50-48-28-13-16-32-53(48)62(60(41)58(42)50)52-31-15-12-27-47(52)49-39-38-46(40-56(49)62)63(45-25-10-5-11-26-45)57-35-19-34-55-59(57)51-29-14-17-33-54(51)61(55,43-21-6-3-7-22-43)44-23-8-4-9-24-44/h3-40H,2H2,1H3. The fraction of sp³-hybridized carbons (Fsp3) is 0.0645. The van der Waals surface area contributed by atoms with E-state index in [1.54, 1.807) is 0 Å². The van der Waals surface area contributed by atoms with Gasteiger partial charge >= 0.3 is 0 Å². The Bertz CT molecular complexity index is 3400. The fourth-order valence-corrected chi connectivity index (χ4v) is 12.2. The Labute approximate surface area is 369 Å². The average molecular weight is 802 g/mol. The summed E-state index contributed by atoms with van der Waals surface area (Å²) in [7, 11) is 0. The van der Waals surface area contributed by atoms with E-state index >= 15 is 0 Å². The van der Waals surface area contributed by atoms with Gasteiger partial charge in [-0.3, -0.25) is 0 Å². The van der Waals surface area contributed by atoms with Crippen molar-refractivity contribution in [1.82, 2.24) is 0 Å². The lowest BCUT2D eigenvalue weighted by molar-refractivity contribution is 0.759. The van der Waals surface area contributed by atoms with E-state index in [1.807, 2.05) is 0 Å². The smallest absolute Gasteiger partial charge is 0.0729 e. The quantitative estimate of drug-likeness (QED) is 0.162. The monoisotopic (exact) mass is 801 g/mol. The molecule has 3 aliphatic rings. The van der Waals surface area contributed by atoms with Crippen LogP contribution in [0.15, 0.2) is 231 Å². The molecular weight excluding hydrogens is 759 g/mol. The predicted octanol–water partition coefficient (Wildman–Crippen LogP) is 15.6. The molecule has 0 N–H and O–H groups in total. The number of hydrogen-bond donors (Lipinski definition) is 0. The highest BCUT2D eigenvalue weighted by molar-refractivity contribution is 6.08. The zero-order chi connectivity index (χ0) is 41.7. The van der Waals surface area contributed by atoms with Gasteiger partial charge in [-0.1, -0.05) is 207 Å². The number of rotatable bonds is 6. The molecule has 3 aliphatic carbocycles. The largest absolute Gasteiger partial charge is 0.310 e. The molecule has 0 aliphatic heterocycles. The van der Waals surface area contributed by atoms with Gasteiger partial charge in [0.05, 0.1) is 16.5 Å². The van der Waals surface area contributed by atoms with Gasteiger partial charge in [-0.15, -0.1) is 0 Å². The lowest BCUT2D eigenvalue weighted by Gasteiger charge is -2.41. The summed E-state index contributed by atoms with van der Waals surface area (Å²) in [4.78, 5) is 2.53. The maximum absolute atomic E-state index is 2.55. The average Bonchev–Trinajstić information content (AvgIpc) is 3.82. The van der Waals surface area contributed by atoms with Gasteiger partial charge in [-0.05, 0) is 125 Å². The Morgan fingerprint density at radius 3 is 1.56 bits per heavy atom. The van der Waals surface area contributed by atoms with Crippen LogP contribution in [0.3, 0.4) is 0 Å². The number of nitrogens with zero attached hydrogens (tertiary/aromatic N) is 1. The molecule has 1 unspecified atom stereocenters.